The maximum Gasteiger partial charge on any atom is 0.196 e. The van der Waals surface area contributed by atoms with Gasteiger partial charge in [-0.25, -0.2) is 0 Å². The highest BCUT2D eigenvalue weighted by Crippen LogP contribution is 2.43. The molecule has 3 rings (SSSR count). The van der Waals surface area contributed by atoms with Gasteiger partial charge in [-0.15, -0.1) is 0 Å². The summed E-state index contributed by atoms with van der Waals surface area (Å²) < 4.78 is 11.5. The molecule has 1 spiro atoms. The van der Waals surface area contributed by atoms with Crippen LogP contribution in [0.5, 0.6) is 0 Å². The molecule has 15 heavy (non-hydrogen) atoms. The molecule has 2 N–H and O–H groups in total. The number of pyridine rings is 1. The number of ether oxygens (including phenoxy) is 2. The molecule has 1 aromatic rings. The van der Waals surface area contributed by atoms with E-state index in [1.54, 1.807) is 6.20 Å². The van der Waals surface area contributed by atoms with Crippen molar-refractivity contribution >= 4 is 0 Å². The maximum absolute atomic E-state index is 6.02. The van der Waals surface area contributed by atoms with Crippen molar-refractivity contribution in [1.29, 1.82) is 0 Å². The van der Waals surface area contributed by atoms with Crippen LogP contribution in [0.15, 0.2) is 18.3 Å². The number of nitrogens with two attached hydrogens (primary N) is 1. The first-order valence-electron chi connectivity index (χ1n) is 5.31. The van der Waals surface area contributed by atoms with E-state index in [2.05, 4.69) is 4.98 Å². The molecule has 1 aliphatic heterocycles. The molecule has 1 saturated heterocycles. The highest BCUT2D eigenvalue weighted by molar-refractivity contribution is 5.30. The van der Waals surface area contributed by atoms with E-state index in [0.717, 1.165) is 24.1 Å². The van der Waals surface area contributed by atoms with E-state index < -0.39 is 5.79 Å². The van der Waals surface area contributed by atoms with E-state index in [1.807, 2.05) is 12.1 Å². The highest BCUT2D eigenvalue weighted by Gasteiger charge is 2.44. The first-order chi connectivity index (χ1) is 7.32. The molecule has 1 unspecified atom stereocenters. The van der Waals surface area contributed by atoms with Gasteiger partial charge in [-0.1, -0.05) is 6.07 Å². The zero-order chi connectivity index (χ0) is 10.3. The van der Waals surface area contributed by atoms with Gasteiger partial charge in [0.2, 0.25) is 0 Å². The van der Waals surface area contributed by atoms with Crippen molar-refractivity contribution in [3.63, 3.8) is 0 Å². The summed E-state index contributed by atoms with van der Waals surface area (Å²) in [5, 5.41) is 0. The van der Waals surface area contributed by atoms with Crippen LogP contribution in [0, 0.1) is 0 Å². The third kappa shape index (κ3) is 1.29. The fourth-order valence-electron chi connectivity index (χ4n) is 2.41. The van der Waals surface area contributed by atoms with Gasteiger partial charge in [0, 0.05) is 24.2 Å². The Bertz CT molecular complexity index is 375. The largest absolute Gasteiger partial charge is 0.343 e. The molecular formula is C11H14N2O2. The van der Waals surface area contributed by atoms with Crippen molar-refractivity contribution in [2.75, 3.05) is 13.2 Å². The summed E-state index contributed by atoms with van der Waals surface area (Å²) in [5.41, 5.74) is 7.96. The van der Waals surface area contributed by atoms with Crippen molar-refractivity contribution in [2.45, 2.75) is 24.7 Å². The monoisotopic (exact) mass is 206 g/mol. The van der Waals surface area contributed by atoms with Crippen molar-refractivity contribution < 1.29 is 9.47 Å². The van der Waals surface area contributed by atoms with Crippen LogP contribution in [0.2, 0.25) is 0 Å². The van der Waals surface area contributed by atoms with Crippen molar-refractivity contribution in [2.24, 2.45) is 5.73 Å². The lowest BCUT2D eigenvalue weighted by atomic mass is 9.87. The van der Waals surface area contributed by atoms with Crippen LogP contribution in [-0.2, 0) is 15.3 Å². The topological polar surface area (TPSA) is 57.4 Å². The summed E-state index contributed by atoms with van der Waals surface area (Å²) in [5.74, 6) is -0.556. The van der Waals surface area contributed by atoms with Gasteiger partial charge < -0.3 is 15.2 Å². The van der Waals surface area contributed by atoms with Crippen molar-refractivity contribution in [3.8, 4) is 0 Å². The number of rotatable bonds is 0. The maximum atomic E-state index is 6.02. The number of hydrogen-bond acceptors (Lipinski definition) is 4. The molecule has 4 nitrogen and oxygen atoms in total. The van der Waals surface area contributed by atoms with E-state index in [0.29, 0.717) is 13.2 Å². The third-order valence-corrected chi connectivity index (χ3v) is 3.14. The van der Waals surface area contributed by atoms with Crippen LogP contribution >= 0.6 is 0 Å². The van der Waals surface area contributed by atoms with Crippen LogP contribution in [-0.4, -0.2) is 18.2 Å². The Labute approximate surface area is 88.4 Å². The molecule has 1 aliphatic carbocycles. The predicted molar refractivity (Wildman–Crippen MR) is 54.0 cm³/mol. The second-order valence-corrected chi connectivity index (χ2v) is 4.03. The lowest BCUT2D eigenvalue weighted by Gasteiger charge is -2.35. The molecule has 2 aliphatic rings. The van der Waals surface area contributed by atoms with Gasteiger partial charge in [0.05, 0.1) is 18.9 Å². The van der Waals surface area contributed by atoms with E-state index in [1.165, 1.54) is 0 Å². The minimum Gasteiger partial charge on any atom is -0.343 e. The van der Waals surface area contributed by atoms with Gasteiger partial charge >= 0.3 is 0 Å². The van der Waals surface area contributed by atoms with Gasteiger partial charge in [-0.05, 0) is 12.5 Å². The Morgan fingerprint density at radius 3 is 3.00 bits per heavy atom. The lowest BCUT2D eigenvalue weighted by Crippen LogP contribution is -2.36. The minimum atomic E-state index is -0.556. The zero-order valence-electron chi connectivity index (χ0n) is 8.48. The fraction of sp³-hybridized carbons (Fsp3) is 0.545. The molecule has 1 atom stereocenters. The average molecular weight is 206 g/mol. The van der Waals surface area contributed by atoms with Crippen LogP contribution in [0.3, 0.4) is 0 Å². The molecule has 0 saturated carbocycles. The van der Waals surface area contributed by atoms with Gasteiger partial charge in [-0.3, -0.25) is 4.98 Å². The van der Waals surface area contributed by atoms with E-state index in [9.17, 15) is 0 Å². The summed E-state index contributed by atoms with van der Waals surface area (Å²) in [7, 11) is 0. The van der Waals surface area contributed by atoms with Crippen LogP contribution < -0.4 is 5.73 Å². The summed E-state index contributed by atoms with van der Waals surface area (Å²) >= 11 is 0. The van der Waals surface area contributed by atoms with Crippen LogP contribution in [0.4, 0.5) is 0 Å². The molecular weight excluding hydrogens is 192 g/mol. The van der Waals surface area contributed by atoms with E-state index >= 15 is 0 Å². The average Bonchev–Trinajstić information content (AvgIpc) is 2.74. The summed E-state index contributed by atoms with van der Waals surface area (Å²) in [6.07, 6.45) is 3.46. The summed E-state index contributed by atoms with van der Waals surface area (Å²) in [4.78, 5) is 4.33. The lowest BCUT2D eigenvalue weighted by molar-refractivity contribution is -0.177. The Hall–Kier alpha value is -0.970. The van der Waals surface area contributed by atoms with Crippen molar-refractivity contribution in [1.82, 2.24) is 4.98 Å². The molecule has 0 bridgehead atoms. The Morgan fingerprint density at radius 1 is 1.40 bits per heavy atom. The van der Waals surface area contributed by atoms with Gasteiger partial charge in [0.1, 0.15) is 0 Å². The fourth-order valence-corrected chi connectivity index (χ4v) is 2.41. The zero-order valence-corrected chi connectivity index (χ0v) is 8.48. The first-order valence-corrected chi connectivity index (χ1v) is 5.31. The Balaban J connectivity index is 2.11. The van der Waals surface area contributed by atoms with Gasteiger partial charge in [-0.2, -0.15) is 0 Å². The van der Waals surface area contributed by atoms with Crippen molar-refractivity contribution in [3.05, 3.63) is 29.6 Å². The molecule has 1 fully saturated rings. The molecule has 0 aromatic carbocycles. The number of aromatic nitrogens is 1. The molecule has 0 radical (unpaired) electrons. The Kier molecular flexibility index (Phi) is 2.02. The van der Waals surface area contributed by atoms with E-state index in [4.69, 9.17) is 15.2 Å². The quantitative estimate of drug-likeness (QED) is 0.690. The second-order valence-electron chi connectivity index (χ2n) is 4.03. The van der Waals surface area contributed by atoms with Gasteiger partial charge in [0.25, 0.3) is 0 Å². The van der Waals surface area contributed by atoms with Gasteiger partial charge in [0.15, 0.2) is 5.79 Å². The van der Waals surface area contributed by atoms with E-state index in [-0.39, 0.29) is 6.04 Å². The first kappa shape index (κ1) is 9.27. The highest BCUT2D eigenvalue weighted by atomic mass is 16.7. The molecule has 4 heteroatoms. The van der Waals surface area contributed by atoms with Crippen LogP contribution in [0.1, 0.15) is 30.1 Å². The summed E-state index contributed by atoms with van der Waals surface area (Å²) in [6.45, 7) is 1.31. The Morgan fingerprint density at radius 2 is 2.20 bits per heavy atom. The number of nitrogens with zero attached hydrogens (tertiary/aromatic N) is 1. The SMILES string of the molecule is NC1CCC2(OCCO2)c2cccnc21. The smallest absolute Gasteiger partial charge is 0.196 e. The normalized spacial score (nSPS) is 27.9. The predicted octanol–water partition coefficient (Wildman–Crippen LogP) is 1.07. The molecule has 80 valence electrons. The second kappa shape index (κ2) is 3.27. The summed E-state index contributed by atoms with van der Waals surface area (Å²) in [6, 6.07) is 3.93. The standard InChI is InChI=1S/C11H14N2O2/c12-9-3-4-11(14-6-7-15-11)8-2-1-5-13-10(8)9/h1-2,5,9H,3-4,6-7,12H2. The number of fused-ring (bicyclic) bond motifs is 2. The molecule has 1 aromatic heterocycles. The van der Waals surface area contributed by atoms with Crippen LogP contribution in [0.25, 0.3) is 0 Å². The molecule has 2 heterocycles. The third-order valence-electron chi connectivity index (χ3n) is 3.14. The minimum absolute atomic E-state index is 0.0135. The number of hydrogen-bond donors (Lipinski definition) is 1. The molecule has 0 amide bonds.